The number of hydrogen-bond acceptors (Lipinski definition) is 5. The number of carbonyl (C=O) groups excluding carboxylic acids is 2. The Kier molecular flexibility index (Phi) is 3.87. The van der Waals surface area contributed by atoms with Crippen LogP contribution in [0.4, 0.5) is 0 Å². The highest BCUT2D eigenvalue weighted by Gasteiger charge is 2.36. The summed E-state index contributed by atoms with van der Waals surface area (Å²) in [6.45, 7) is 2.40. The molecule has 1 atom stereocenters. The number of benzene rings is 1. The van der Waals surface area contributed by atoms with E-state index in [4.69, 9.17) is 0 Å². The second-order valence-electron chi connectivity index (χ2n) is 6.25. The van der Waals surface area contributed by atoms with Gasteiger partial charge in [0, 0.05) is 18.6 Å². The van der Waals surface area contributed by atoms with Gasteiger partial charge >= 0.3 is 0 Å². The lowest BCUT2D eigenvalue weighted by Crippen LogP contribution is -2.53. The molecule has 0 spiro atoms. The molecule has 26 heavy (non-hydrogen) atoms. The number of para-hydroxylation sites is 1. The largest absolute Gasteiger partial charge is 0.357 e. The van der Waals surface area contributed by atoms with E-state index in [1.165, 1.54) is 4.90 Å². The van der Waals surface area contributed by atoms with E-state index in [9.17, 15) is 9.59 Å². The number of nitrogens with one attached hydrogen (secondary N) is 1. The molecule has 3 heterocycles. The van der Waals surface area contributed by atoms with E-state index in [1.54, 1.807) is 19.3 Å². The molecular formula is C18H18N6O2. The highest BCUT2D eigenvalue weighted by Crippen LogP contribution is 2.22. The molecule has 1 N–H and O–H groups in total. The molecule has 2 amide bonds. The predicted octanol–water partition coefficient (Wildman–Crippen LogP) is 0.905. The number of pyridine rings is 1. The van der Waals surface area contributed by atoms with E-state index >= 15 is 0 Å². The Hall–Kier alpha value is -3.29. The highest BCUT2D eigenvalue weighted by molar-refractivity contribution is 5.99. The van der Waals surface area contributed by atoms with Gasteiger partial charge in [0.15, 0.2) is 5.82 Å². The van der Waals surface area contributed by atoms with E-state index in [0.717, 1.165) is 16.7 Å². The smallest absolute Gasteiger partial charge is 0.256 e. The Balaban J connectivity index is 1.72. The van der Waals surface area contributed by atoms with Gasteiger partial charge in [0.05, 0.1) is 24.2 Å². The number of aromatic nitrogens is 4. The highest BCUT2D eigenvalue weighted by atomic mass is 16.2. The molecule has 0 radical (unpaired) electrons. The van der Waals surface area contributed by atoms with Crippen LogP contribution in [0, 0.1) is 6.92 Å². The molecule has 4 rings (SSSR count). The third-order valence-electron chi connectivity index (χ3n) is 4.70. The fourth-order valence-electron chi connectivity index (χ4n) is 3.27. The second kappa shape index (κ2) is 6.21. The molecule has 1 aliphatic heterocycles. The van der Waals surface area contributed by atoms with E-state index in [2.05, 4.69) is 20.5 Å². The summed E-state index contributed by atoms with van der Waals surface area (Å²) in [5.41, 5.74) is 1.27. The topological polar surface area (TPSA) is 93.0 Å². The summed E-state index contributed by atoms with van der Waals surface area (Å²) >= 11 is 0. The molecule has 0 fully saturated rings. The summed E-state index contributed by atoms with van der Waals surface area (Å²) < 4.78 is 1.88. The first-order chi connectivity index (χ1) is 12.6. The Bertz CT molecular complexity index is 1010. The fraction of sp³-hybridized carbons (Fsp3) is 0.278. The van der Waals surface area contributed by atoms with Gasteiger partial charge in [-0.1, -0.05) is 18.2 Å². The number of likely N-dealkylation sites (N-methyl/N-ethyl adjacent to an activating group) is 1. The molecular weight excluding hydrogens is 332 g/mol. The fourth-order valence-corrected chi connectivity index (χ4v) is 3.27. The summed E-state index contributed by atoms with van der Waals surface area (Å²) in [6, 6.07) is 8.78. The minimum absolute atomic E-state index is 0.217. The number of aryl methyl sites for hydroxylation is 1. The molecule has 8 heteroatoms. The van der Waals surface area contributed by atoms with Crippen molar-refractivity contribution in [2.24, 2.45) is 0 Å². The van der Waals surface area contributed by atoms with Crippen LogP contribution in [0.5, 0.6) is 0 Å². The normalized spacial score (nSPS) is 16.4. The lowest BCUT2D eigenvalue weighted by atomic mass is 10.1. The molecule has 0 bridgehead atoms. The standard InChI is InChI=1S/C18H18N6O2/c1-11-21-22-16-10-24(15(9-23(11)16)17(25)19-2)18(26)13-7-12-5-3-4-6-14(12)20-8-13/h3-8,15H,9-10H2,1-2H3,(H,19,25). The summed E-state index contributed by atoms with van der Waals surface area (Å²) in [5.74, 6) is 0.938. The molecule has 1 aromatic carbocycles. The number of carbonyl (C=O) groups is 2. The Morgan fingerprint density at radius 3 is 2.85 bits per heavy atom. The maximum absolute atomic E-state index is 13.1. The van der Waals surface area contributed by atoms with Crippen molar-refractivity contribution in [1.82, 2.24) is 30.0 Å². The zero-order valence-electron chi connectivity index (χ0n) is 14.5. The minimum atomic E-state index is -0.624. The first-order valence-corrected chi connectivity index (χ1v) is 8.34. The van der Waals surface area contributed by atoms with Gasteiger partial charge in [0.25, 0.3) is 5.91 Å². The lowest BCUT2D eigenvalue weighted by molar-refractivity contribution is -0.126. The van der Waals surface area contributed by atoms with E-state index in [0.29, 0.717) is 17.9 Å². The number of hydrogen-bond donors (Lipinski definition) is 1. The van der Waals surface area contributed by atoms with Crippen LogP contribution >= 0.6 is 0 Å². The van der Waals surface area contributed by atoms with Gasteiger partial charge in [0.1, 0.15) is 11.9 Å². The molecule has 0 saturated heterocycles. The van der Waals surface area contributed by atoms with E-state index in [1.807, 2.05) is 35.8 Å². The minimum Gasteiger partial charge on any atom is -0.357 e. The van der Waals surface area contributed by atoms with E-state index in [-0.39, 0.29) is 18.4 Å². The van der Waals surface area contributed by atoms with Crippen LogP contribution in [-0.2, 0) is 17.9 Å². The van der Waals surface area contributed by atoms with Crippen molar-refractivity contribution in [2.45, 2.75) is 26.1 Å². The summed E-state index contributed by atoms with van der Waals surface area (Å²) in [6.07, 6.45) is 1.55. The average molecular weight is 350 g/mol. The van der Waals surface area contributed by atoms with Gasteiger partial charge in [-0.25, -0.2) is 0 Å². The Morgan fingerprint density at radius 2 is 2.04 bits per heavy atom. The lowest BCUT2D eigenvalue weighted by Gasteiger charge is -2.34. The van der Waals surface area contributed by atoms with Gasteiger partial charge in [0.2, 0.25) is 5.91 Å². The molecule has 132 valence electrons. The third-order valence-corrected chi connectivity index (χ3v) is 4.70. The van der Waals surface area contributed by atoms with Crippen molar-refractivity contribution in [3.05, 3.63) is 53.7 Å². The third kappa shape index (κ3) is 2.59. The molecule has 0 aliphatic carbocycles. The first kappa shape index (κ1) is 16.2. The molecule has 2 aromatic heterocycles. The van der Waals surface area contributed by atoms with Crippen LogP contribution in [-0.4, -0.2) is 49.6 Å². The second-order valence-corrected chi connectivity index (χ2v) is 6.25. The molecule has 1 unspecified atom stereocenters. The number of amides is 2. The molecule has 3 aromatic rings. The molecule has 8 nitrogen and oxygen atoms in total. The summed E-state index contributed by atoms with van der Waals surface area (Å²) in [5, 5.41) is 11.7. The zero-order chi connectivity index (χ0) is 18.3. The van der Waals surface area contributed by atoms with Crippen molar-refractivity contribution < 1.29 is 9.59 Å². The summed E-state index contributed by atoms with van der Waals surface area (Å²) in [7, 11) is 1.57. The quantitative estimate of drug-likeness (QED) is 0.741. The van der Waals surface area contributed by atoms with Gasteiger partial charge in [-0.2, -0.15) is 0 Å². The monoisotopic (exact) mass is 350 g/mol. The van der Waals surface area contributed by atoms with Crippen LogP contribution in [0.2, 0.25) is 0 Å². The van der Waals surface area contributed by atoms with E-state index < -0.39 is 6.04 Å². The Labute approximate surface area is 149 Å². The first-order valence-electron chi connectivity index (χ1n) is 8.34. The zero-order valence-corrected chi connectivity index (χ0v) is 14.5. The van der Waals surface area contributed by atoms with Gasteiger partial charge in [-0.15, -0.1) is 10.2 Å². The van der Waals surface area contributed by atoms with Crippen LogP contribution in [0.1, 0.15) is 22.0 Å². The SMILES string of the molecule is CNC(=O)C1Cn2c(C)nnc2CN1C(=O)c1cnc2ccccc2c1. The maximum Gasteiger partial charge on any atom is 0.256 e. The van der Waals surface area contributed by atoms with Crippen LogP contribution in [0.3, 0.4) is 0 Å². The Morgan fingerprint density at radius 1 is 1.23 bits per heavy atom. The van der Waals surface area contributed by atoms with Crippen LogP contribution < -0.4 is 5.32 Å². The van der Waals surface area contributed by atoms with Gasteiger partial charge in [-0.05, 0) is 19.1 Å². The number of fused-ring (bicyclic) bond motifs is 2. The van der Waals surface area contributed by atoms with Crippen molar-refractivity contribution in [3.63, 3.8) is 0 Å². The molecule has 1 aliphatic rings. The van der Waals surface area contributed by atoms with Crippen LogP contribution in [0.15, 0.2) is 36.5 Å². The van der Waals surface area contributed by atoms with Crippen molar-refractivity contribution in [1.29, 1.82) is 0 Å². The molecule has 0 saturated carbocycles. The van der Waals surface area contributed by atoms with Crippen LogP contribution in [0.25, 0.3) is 10.9 Å². The van der Waals surface area contributed by atoms with Gasteiger partial charge in [-0.3, -0.25) is 14.6 Å². The van der Waals surface area contributed by atoms with Gasteiger partial charge < -0.3 is 14.8 Å². The van der Waals surface area contributed by atoms with Crippen molar-refractivity contribution in [3.8, 4) is 0 Å². The number of rotatable bonds is 2. The maximum atomic E-state index is 13.1. The average Bonchev–Trinajstić information content (AvgIpc) is 3.05. The summed E-state index contributed by atoms with van der Waals surface area (Å²) in [4.78, 5) is 31.4. The number of nitrogens with zero attached hydrogens (tertiary/aromatic N) is 5. The predicted molar refractivity (Wildman–Crippen MR) is 94.2 cm³/mol. The van der Waals surface area contributed by atoms with Crippen molar-refractivity contribution >= 4 is 22.7 Å². The van der Waals surface area contributed by atoms with Crippen molar-refractivity contribution in [2.75, 3.05) is 7.05 Å².